The molecule has 0 spiro atoms. The number of urea groups is 1. The number of nitrogens with one attached hydrogen (secondary N) is 3. The monoisotopic (exact) mass is 593 g/mol. The number of hydrogen-bond acceptors (Lipinski definition) is 7. The van der Waals surface area contributed by atoms with Gasteiger partial charge in [-0.3, -0.25) is 15.4 Å². The third-order valence-electron chi connectivity index (χ3n) is 6.81. The Morgan fingerprint density at radius 3 is 2.48 bits per heavy atom. The second-order valence-corrected chi connectivity index (χ2v) is 10.2. The van der Waals surface area contributed by atoms with Crippen molar-refractivity contribution in [1.29, 1.82) is 0 Å². The van der Waals surface area contributed by atoms with Crippen molar-refractivity contribution in [3.05, 3.63) is 95.9 Å². The summed E-state index contributed by atoms with van der Waals surface area (Å²) in [7, 11) is 1.44. The number of carbonyl (C=O) groups is 2. The van der Waals surface area contributed by atoms with E-state index in [1.54, 1.807) is 29.1 Å². The van der Waals surface area contributed by atoms with Gasteiger partial charge in [0.05, 0.1) is 22.8 Å². The van der Waals surface area contributed by atoms with Gasteiger partial charge in [0.1, 0.15) is 24.8 Å². The van der Waals surface area contributed by atoms with Crippen LogP contribution in [0.15, 0.2) is 79.0 Å². The highest BCUT2D eigenvalue weighted by atomic mass is 16.5. The minimum atomic E-state index is -0.386. The van der Waals surface area contributed by atoms with Crippen molar-refractivity contribution in [3.8, 4) is 11.4 Å². The lowest BCUT2D eigenvalue weighted by Gasteiger charge is -2.14. The van der Waals surface area contributed by atoms with Crippen molar-refractivity contribution >= 4 is 40.2 Å². The van der Waals surface area contributed by atoms with Gasteiger partial charge in [-0.25, -0.2) is 19.4 Å². The van der Waals surface area contributed by atoms with Crippen LogP contribution in [0.4, 0.5) is 22.2 Å². The number of nitrogens with zero attached hydrogens (tertiary/aromatic N) is 4. The molecule has 0 aliphatic carbocycles. The Hall–Kier alpha value is -5.29. The molecule has 0 aliphatic heterocycles. The van der Waals surface area contributed by atoms with E-state index in [2.05, 4.69) is 32.8 Å². The predicted octanol–water partition coefficient (Wildman–Crippen LogP) is 6.27. The summed E-state index contributed by atoms with van der Waals surface area (Å²) in [6.45, 7) is 4.23. The molecule has 226 valence electrons. The number of ether oxygens (including phenoxy) is 2. The summed E-state index contributed by atoms with van der Waals surface area (Å²) in [5.74, 6) is 1.03. The van der Waals surface area contributed by atoms with Gasteiger partial charge < -0.3 is 14.8 Å². The molecular formula is C33H35N7O4. The van der Waals surface area contributed by atoms with E-state index in [-0.39, 0.29) is 31.1 Å². The van der Waals surface area contributed by atoms with Crippen LogP contribution in [0.2, 0.25) is 0 Å². The lowest BCUT2D eigenvalue weighted by Crippen LogP contribution is -2.21. The lowest BCUT2D eigenvalue weighted by atomic mass is 10.1. The van der Waals surface area contributed by atoms with Crippen molar-refractivity contribution in [1.82, 2.24) is 19.7 Å². The second kappa shape index (κ2) is 14.3. The standard InChI is InChI=1S/C33H35N7O4/c1-4-5-8-23-19-30(40(39-23)25-13-11-22(2)12-14-25)37-33(42)36-28-15-16-29(27-10-7-6-9-26(27)28)44-20-24-17-18-34-32(35-24)38-31(41)21-43-3/h6-7,9-19H,4-5,8,20-21H2,1-3H3,(H2,36,37,42)(H,34,35,38,41). The Labute approximate surface area is 255 Å². The van der Waals surface area contributed by atoms with Crippen LogP contribution < -0.4 is 20.7 Å². The fourth-order valence-electron chi connectivity index (χ4n) is 4.64. The molecule has 0 bridgehead atoms. The largest absolute Gasteiger partial charge is 0.487 e. The fourth-order valence-corrected chi connectivity index (χ4v) is 4.64. The number of amides is 3. The first-order chi connectivity index (χ1) is 21.4. The summed E-state index contributed by atoms with van der Waals surface area (Å²) in [6, 6.07) is 22.5. The van der Waals surface area contributed by atoms with Crippen LogP contribution in [0, 0.1) is 6.92 Å². The number of rotatable bonds is 12. The van der Waals surface area contributed by atoms with Gasteiger partial charge in [0.25, 0.3) is 5.91 Å². The topological polar surface area (TPSA) is 132 Å². The highest BCUT2D eigenvalue weighted by molar-refractivity contribution is 6.07. The maximum Gasteiger partial charge on any atom is 0.324 e. The molecule has 0 aliphatic rings. The zero-order valence-electron chi connectivity index (χ0n) is 25.0. The summed E-state index contributed by atoms with van der Waals surface area (Å²) in [6.07, 6.45) is 4.45. The molecule has 11 nitrogen and oxygen atoms in total. The van der Waals surface area contributed by atoms with E-state index in [1.807, 2.05) is 61.5 Å². The minimum Gasteiger partial charge on any atom is -0.487 e. The second-order valence-electron chi connectivity index (χ2n) is 10.2. The Balaban J connectivity index is 1.31. The van der Waals surface area contributed by atoms with E-state index in [9.17, 15) is 9.59 Å². The minimum absolute atomic E-state index is 0.0924. The molecule has 2 aromatic heterocycles. The Bertz CT molecular complexity index is 1750. The molecule has 0 atom stereocenters. The number of methoxy groups -OCH3 is 1. The molecule has 11 heteroatoms. The Morgan fingerprint density at radius 1 is 0.909 bits per heavy atom. The van der Waals surface area contributed by atoms with Gasteiger partial charge in [0, 0.05) is 30.1 Å². The smallest absolute Gasteiger partial charge is 0.324 e. The maximum absolute atomic E-state index is 13.3. The van der Waals surface area contributed by atoms with Gasteiger partial charge in [0.2, 0.25) is 5.95 Å². The van der Waals surface area contributed by atoms with E-state index < -0.39 is 0 Å². The van der Waals surface area contributed by atoms with Crippen molar-refractivity contribution in [2.24, 2.45) is 0 Å². The quantitative estimate of drug-likeness (QED) is 0.155. The van der Waals surface area contributed by atoms with Gasteiger partial charge in [-0.2, -0.15) is 5.10 Å². The molecule has 3 aromatic carbocycles. The number of anilines is 3. The molecule has 0 unspecified atom stereocenters. The van der Waals surface area contributed by atoms with E-state index in [4.69, 9.17) is 14.6 Å². The average Bonchev–Trinajstić information content (AvgIpc) is 3.42. The summed E-state index contributed by atoms with van der Waals surface area (Å²) in [4.78, 5) is 33.5. The zero-order valence-corrected chi connectivity index (χ0v) is 25.0. The number of aryl methyl sites for hydroxylation is 2. The summed E-state index contributed by atoms with van der Waals surface area (Å²) < 4.78 is 12.7. The van der Waals surface area contributed by atoms with Gasteiger partial charge in [0.15, 0.2) is 0 Å². The van der Waals surface area contributed by atoms with E-state index in [0.717, 1.165) is 47.0 Å². The van der Waals surface area contributed by atoms with E-state index in [0.29, 0.717) is 22.9 Å². The number of carbonyl (C=O) groups excluding carboxylic acids is 2. The SMILES string of the molecule is CCCCc1cc(NC(=O)Nc2ccc(OCc3ccnc(NC(=O)COC)n3)c3ccccc23)n(-c2ccc(C)cc2)n1. The molecule has 44 heavy (non-hydrogen) atoms. The third-order valence-corrected chi connectivity index (χ3v) is 6.81. The van der Waals surface area contributed by atoms with Crippen LogP contribution in [0.5, 0.6) is 5.75 Å². The van der Waals surface area contributed by atoms with Crippen molar-refractivity contribution < 1.29 is 19.1 Å². The molecule has 0 fully saturated rings. The van der Waals surface area contributed by atoms with Crippen LogP contribution >= 0.6 is 0 Å². The van der Waals surface area contributed by atoms with Crippen LogP contribution in [0.25, 0.3) is 16.5 Å². The first-order valence-electron chi connectivity index (χ1n) is 14.4. The number of benzene rings is 3. The van der Waals surface area contributed by atoms with E-state index in [1.165, 1.54) is 7.11 Å². The van der Waals surface area contributed by atoms with Gasteiger partial charge in [-0.1, -0.05) is 55.3 Å². The molecule has 2 heterocycles. The van der Waals surface area contributed by atoms with Crippen molar-refractivity contribution in [2.75, 3.05) is 29.7 Å². The number of aromatic nitrogens is 4. The molecule has 5 aromatic rings. The van der Waals surface area contributed by atoms with Gasteiger partial charge >= 0.3 is 6.03 Å². The Morgan fingerprint density at radius 2 is 1.70 bits per heavy atom. The zero-order chi connectivity index (χ0) is 30.9. The number of hydrogen-bond donors (Lipinski definition) is 3. The summed E-state index contributed by atoms with van der Waals surface area (Å²) in [5.41, 5.74) is 4.15. The van der Waals surface area contributed by atoms with Crippen LogP contribution in [-0.2, 0) is 22.6 Å². The molecule has 0 saturated carbocycles. The molecule has 3 amide bonds. The lowest BCUT2D eigenvalue weighted by molar-refractivity contribution is -0.119. The summed E-state index contributed by atoms with van der Waals surface area (Å²) >= 11 is 0. The third kappa shape index (κ3) is 7.56. The fraction of sp³-hybridized carbons (Fsp3) is 0.242. The van der Waals surface area contributed by atoms with Crippen molar-refractivity contribution in [2.45, 2.75) is 39.7 Å². The normalized spacial score (nSPS) is 10.9. The number of unbranched alkanes of at least 4 members (excludes halogenated alkanes) is 1. The van der Waals surface area contributed by atoms with Crippen LogP contribution in [0.1, 0.15) is 36.7 Å². The molecule has 0 saturated heterocycles. The highest BCUT2D eigenvalue weighted by Crippen LogP contribution is 2.32. The van der Waals surface area contributed by atoms with Gasteiger partial charge in [-0.15, -0.1) is 0 Å². The Kier molecular flexibility index (Phi) is 9.78. The number of fused-ring (bicyclic) bond motifs is 1. The molecule has 0 radical (unpaired) electrons. The van der Waals surface area contributed by atoms with Crippen LogP contribution in [-0.4, -0.2) is 45.4 Å². The summed E-state index contributed by atoms with van der Waals surface area (Å²) in [5, 5.41) is 15.0. The first-order valence-corrected chi connectivity index (χ1v) is 14.4. The highest BCUT2D eigenvalue weighted by Gasteiger charge is 2.15. The van der Waals surface area contributed by atoms with E-state index >= 15 is 0 Å². The predicted molar refractivity (Wildman–Crippen MR) is 170 cm³/mol. The molecule has 5 rings (SSSR count). The van der Waals surface area contributed by atoms with Crippen LogP contribution in [0.3, 0.4) is 0 Å². The van der Waals surface area contributed by atoms with Gasteiger partial charge in [-0.05, 0) is 50.1 Å². The average molecular weight is 594 g/mol. The first kappa shape index (κ1) is 30.2. The van der Waals surface area contributed by atoms with Crippen molar-refractivity contribution in [3.63, 3.8) is 0 Å². The molecule has 3 N–H and O–H groups in total. The molecular weight excluding hydrogens is 558 g/mol. The maximum atomic E-state index is 13.3.